The van der Waals surface area contributed by atoms with E-state index in [-0.39, 0.29) is 6.61 Å². The second kappa shape index (κ2) is 8.31. The topological polar surface area (TPSA) is 119 Å². The summed E-state index contributed by atoms with van der Waals surface area (Å²) in [6.45, 7) is 1.97. The van der Waals surface area contributed by atoms with Crippen LogP contribution in [0.5, 0.6) is 0 Å². The van der Waals surface area contributed by atoms with Crippen molar-refractivity contribution in [1.82, 2.24) is 19.5 Å². The number of ether oxygens (including phenoxy) is 1. The number of nitrogens with two attached hydrogens (primary N) is 1. The molecule has 3 rings (SSSR count). The van der Waals surface area contributed by atoms with Crippen LogP contribution in [0.25, 0.3) is 11.2 Å². The van der Waals surface area contributed by atoms with Crippen LogP contribution >= 0.6 is 11.8 Å². The zero-order chi connectivity index (χ0) is 17.8. The van der Waals surface area contributed by atoms with Crippen molar-refractivity contribution in [2.75, 3.05) is 18.1 Å². The van der Waals surface area contributed by atoms with Gasteiger partial charge < -0.3 is 20.7 Å². The molecule has 9 heteroatoms. The summed E-state index contributed by atoms with van der Waals surface area (Å²) in [6, 6.07) is 0. The van der Waals surface area contributed by atoms with Crippen molar-refractivity contribution in [1.29, 1.82) is 0 Å². The van der Waals surface area contributed by atoms with Crippen LogP contribution < -0.4 is 5.73 Å². The third-order valence-electron chi connectivity index (χ3n) is 4.37. The molecule has 25 heavy (non-hydrogen) atoms. The van der Waals surface area contributed by atoms with Gasteiger partial charge in [0.15, 0.2) is 22.1 Å². The van der Waals surface area contributed by atoms with E-state index in [1.54, 1.807) is 11.8 Å². The molecule has 4 N–H and O–H groups in total. The second-order valence-corrected chi connectivity index (χ2v) is 7.28. The van der Waals surface area contributed by atoms with Gasteiger partial charge in [-0.05, 0) is 6.42 Å². The first-order valence-electron chi connectivity index (χ1n) is 8.71. The number of rotatable bonds is 8. The molecule has 2 aromatic rings. The number of fused-ring (bicyclic) bond motifs is 1. The Morgan fingerprint density at radius 2 is 2.20 bits per heavy atom. The van der Waals surface area contributed by atoms with E-state index in [1.165, 1.54) is 25.6 Å². The lowest BCUT2D eigenvalue weighted by atomic mass is 10.2. The van der Waals surface area contributed by atoms with Gasteiger partial charge in [0, 0.05) is 12.2 Å². The lowest BCUT2D eigenvalue weighted by molar-refractivity contribution is -0.0457. The average Bonchev–Trinajstić information content (AvgIpc) is 3.15. The van der Waals surface area contributed by atoms with Crippen LogP contribution in [0.1, 0.15) is 45.3 Å². The lowest BCUT2D eigenvalue weighted by Gasteiger charge is -2.16. The van der Waals surface area contributed by atoms with E-state index >= 15 is 0 Å². The minimum atomic E-state index is -0.714. The molecule has 138 valence electrons. The first kappa shape index (κ1) is 18.4. The zero-order valence-electron chi connectivity index (χ0n) is 14.3. The highest BCUT2D eigenvalue weighted by atomic mass is 32.2. The normalized spacial score (nSPS) is 23.6. The molecule has 0 amide bonds. The highest BCUT2D eigenvalue weighted by molar-refractivity contribution is 7.99. The minimum absolute atomic E-state index is 0.221. The standard InChI is InChI=1S/C16H25N5O3S/c1-2-3-4-5-6-25-16-20-13-14(17)18-9-19-15(13)21(16)12-7-10(23)11(8-22)24-12/h9-12,22-23H,2-8H2,1H3,(H2,17,18,19)/t10?,11-,12-/m1/s1. The third kappa shape index (κ3) is 3.89. The van der Waals surface area contributed by atoms with Crippen LogP contribution in [-0.2, 0) is 4.74 Å². The van der Waals surface area contributed by atoms with Gasteiger partial charge in [-0.25, -0.2) is 15.0 Å². The molecular formula is C16H25N5O3S. The Morgan fingerprint density at radius 1 is 1.36 bits per heavy atom. The van der Waals surface area contributed by atoms with Crippen LogP contribution in [0.15, 0.2) is 11.5 Å². The fourth-order valence-electron chi connectivity index (χ4n) is 3.00. The number of nitrogens with zero attached hydrogens (tertiary/aromatic N) is 4. The van der Waals surface area contributed by atoms with Crippen LogP contribution in [-0.4, -0.2) is 54.3 Å². The highest BCUT2D eigenvalue weighted by Gasteiger charge is 2.36. The maximum Gasteiger partial charge on any atom is 0.172 e. The van der Waals surface area contributed by atoms with Crippen LogP contribution in [0, 0.1) is 0 Å². The summed E-state index contributed by atoms with van der Waals surface area (Å²) in [7, 11) is 0. The molecule has 0 saturated carbocycles. The van der Waals surface area contributed by atoms with Crippen LogP contribution in [0.2, 0.25) is 0 Å². The molecule has 3 heterocycles. The Morgan fingerprint density at radius 3 is 2.92 bits per heavy atom. The Balaban J connectivity index is 1.86. The van der Waals surface area contributed by atoms with Gasteiger partial charge in [0.2, 0.25) is 0 Å². The summed E-state index contributed by atoms with van der Waals surface area (Å²) in [4.78, 5) is 12.9. The van der Waals surface area contributed by atoms with Crippen molar-refractivity contribution >= 4 is 28.7 Å². The van der Waals surface area contributed by atoms with Crippen LogP contribution in [0.4, 0.5) is 5.82 Å². The smallest absolute Gasteiger partial charge is 0.172 e. The summed E-state index contributed by atoms with van der Waals surface area (Å²) in [6.07, 6.45) is 4.78. The van der Waals surface area contributed by atoms with Gasteiger partial charge in [-0.2, -0.15) is 0 Å². The van der Waals surface area contributed by atoms with Crippen molar-refractivity contribution < 1.29 is 14.9 Å². The van der Waals surface area contributed by atoms with E-state index < -0.39 is 18.4 Å². The molecule has 0 bridgehead atoms. The van der Waals surface area contributed by atoms with Crippen molar-refractivity contribution in [3.05, 3.63) is 6.33 Å². The van der Waals surface area contributed by atoms with Gasteiger partial charge >= 0.3 is 0 Å². The number of hydrogen-bond donors (Lipinski definition) is 3. The van der Waals surface area contributed by atoms with E-state index in [1.807, 2.05) is 4.57 Å². The number of unbranched alkanes of at least 4 members (excludes halogenated alkanes) is 3. The monoisotopic (exact) mass is 367 g/mol. The molecule has 1 unspecified atom stereocenters. The number of aliphatic hydroxyl groups is 2. The molecule has 1 fully saturated rings. The zero-order valence-corrected chi connectivity index (χ0v) is 15.2. The van der Waals surface area contributed by atoms with E-state index in [4.69, 9.17) is 10.5 Å². The first-order valence-corrected chi connectivity index (χ1v) is 9.69. The van der Waals surface area contributed by atoms with E-state index in [0.717, 1.165) is 17.3 Å². The van der Waals surface area contributed by atoms with E-state index in [2.05, 4.69) is 21.9 Å². The van der Waals surface area contributed by atoms with Gasteiger partial charge in [-0.15, -0.1) is 0 Å². The van der Waals surface area contributed by atoms with Crippen molar-refractivity contribution in [3.63, 3.8) is 0 Å². The number of imidazole rings is 1. The lowest BCUT2D eigenvalue weighted by Crippen LogP contribution is -2.24. The summed E-state index contributed by atoms with van der Waals surface area (Å²) in [5.41, 5.74) is 7.09. The third-order valence-corrected chi connectivity index (χ3v) is 5.41. The van der Waals surface area contributed by atoms with Crippen molar-refractivity contribution in [2.24, 2.45) is 0 Å². The fourth-order valence-corrected chi connectivity index (χ4v) is 4.03. The Hall–Kier alpha value is -1.42. The molecule has 1 saturated heterocycles. The number of anilines is 1. The summed E-state index contributed by atoms with van der Waals surface area (Å²) in [5.74, 6) is 1.27. The maximum atomic E-state index is 10.1. The summed E-state index contributed by atoms with van der Waals surface area (Å²) in [5, 5.41) is 20.2. The van der Waals surface area contributed by atoms with Crippen molar-refractivity contribution in [3.8, 4) is 0 Å². The van der Waals surface area contributed by atoms with E-state index in [0.29, 0.717) is 23.4 Å². The minimum Gasteiger partial charge on any atom is -0.394 e. The van der Waals surface area contributed by atoms with Crippen molar-refractivity contribution in [2.45, 2.75) is 62.6 Å². The average molecular weight is 367 g/mol. The molecule has 1 aliphatic heterocycles. The SMILES string of the molecule is CCCCCCSc1nc2c(N)ncnc2n1[C@H]1CC(O)[C@@H](CO)O1. The molecule has 0 aromatic carbocycles. The molecule has 2 aromatic heterocycles. The number of aliphatic hydroxyl groups excluding tert-OH is 2. The number of thioether (sulfide) groups is 1. The Labute approximate surface area is 150 Å². The summed E-state index contributed by atoms with van der Waals surface area (Å²) >= 11 is 1.63. The largest absolute Gasteiger partial charge is 0.394 e. The van der Waals surface area contributed by atoms with Gasteiger partial charge in [0.05, 0.1) is 12.7 Å². The maximum absolute atomic E-state index is 10.1. The quantitative estimate of drug-likeness (QED) is 0.477. The Bertz CT molecular complexity index is 710. The number of hydrogen-bond acceptors (Lipinski definition) is 8. The molecule has 1 aliphatic rings. The molecule has 8 nitrogen and oxygen atoms in total. The van der Waals surface area contributed by atoms with Gasteiger partial charge in [-0.1, -0.05) is 37.9 Å². The number of nitrogen functional groups attached to an aromatic ring is 1. The second-order valence-electron chi connectivity index (χ2n) is 6.22. The van der Waals surface area contributed by atoms with Gasteiger partial charge in [-0.3, -0.25) is 4.57 Å². The highest BCUT2D eigenvalue weighted by Crippen LogP contribution is 2.36. The molecule has 0 aliphatic carbocycles. The van der Waals surface area contributed by atoms with Gasteiger partial charge in [0.25, 0.3) is 0 Å². The summed E-state index contributed by atoms with van der Waals surface area (Å²) < 4.78 is 7.68. The molecule has 3 atom stereocenters. The number of aromatic nitrogens is 4. The molecule has 0 radical (unpaired) electrons. The Kier molecular flexibility index (Phi) is 6.10. The first-order chi connectivity index (χ1) is 12.2. The molecular weight excluding hydrogens is 342 g/mol. The molecule has 0 spiro atoms. The van der Waals surface area contributed by atoms with E-state index in [9.17, 15) is 10.2 Å². The van der Waals surface area contributed by atoms with Gasteiger partial charge in [0.1, 0.15) is 18.7 Å². The predicted octanol–water partition coefficient (Wildman–Crippen LogP) is 1.72. The predicted molar refractivity (Wildman–Crippen MR) is 96.2 cm³/mol. The van der Waals surface area contributed by atoms with Crippen LogP contribution in [0.3, 0.4) is 0 Å². The fraction of sp³-hybridized carbons (Fsp3) is 0.688.